The Morgan fingerprint density at radius 3 is 2.61 bits per heavy atom. The Morgan fingerprint density at radius 2 is 1.94 bits per heavy atom. The normalized spacial score (nSPS) is 10.1. The molecule has 0 atom stereocenters. The van der Waals surface area contributed by atoms with E-state index in [0.717, 1.165) is 23.0 Å². The fourth-order valence-corrected chi connectivity index (χ4v) is 2.33. The fraction of sp³-hybridized carbons (Fsp3) is 0.214. The molecule has 2 aromatic rings. The van der Waals surface area contributed by atoms with E-state index in [-0.39, 0.29) is 0 Å². The van der Waals surface area contributed by atoms with Gasteiger partial charge in [0.25, 0.3) is 0 Å². The van der Waals surface area contributed by atoms with Crippen molar-refractivity contribution in [2.45, 2.75) is 10.6 Å². The van der Waals surface area contributed by atoms with Gasteiger partial charge in [0.05, 0.1) is 12.8 Å². The van der Waals surface area contributed by atoms with Gasteiger partial charge in [0.15, 0.2) is 0 Å². The third-order valence-corrected chi connectivity index (χ3v) is 3.55. The van der Waals surface area contributed by atoms with E-state index in [1.54, 1.807) is 18.9 Å². The van der Waals surface area contributed by atoms with Crippen molar-refractivity contribution in [2.75, 3.05) is 19.5 Å². The number of ether oxygens (including phenoxy) is 1. The highest BCUT2D eigenvalue weighted by Crippen LogP contribution is 2.24. The second-order valence-electron chi connectivity index (χ2n) is 3.73. The highest BCUT2D eigenvalue weighted by molar-refractivity contribution is 7.98. The van der Waals surface area contributed by atoms with Crippen LogP contribution < -0.4 is 10.1 Å². The maximum Gasteiger partial charge on any atom is 0.125 e. The molecule has 0 unspecified atom stereocenters. The van der Waals surface area contributed by atoms with Crippen LogP contribution in [0, 0.1) is 0 Å². The van der Waals surface area contributed by atoms with Gasteiger partial charge in [-0.2, -0.15) is 0 Å². The number of nitrogens with zero attached hydrogens (tertiary/aromatic N) is 1. The lowest BCUT2D eigenvalue weighted by molar-refractivity contribution is 0.414. The second-order valence-corrected chi connectivity index (χ2v) is 4.78. The lowest BCUT2D eigenvalue weighted by Gasteiger charge is -2.05. The van der Waals surface area contributed by atoms with E-state index in [2.05, 4.69) is 22.4 Å². The van der Waals surface area contributed by atoms with Crippen LogP contribution in [-0.2, 0) is 5.75 Å². The molecule has 0 bridgehead atoms. The molecule has 0 aliphatic rings. The number of hydrogen-bond donors (Lipinski definition) is 1. The molecule has 18 heavy (non-hydrogen) atoms. The van der Waals surface area contributed by atoms with Crippen molar-refractivity contribution in [2.24, 2.45) is 0 Å². The third-order valence-electron chi connectivity index (χ3n) is 2.51. The number of benzene rings is 1. The maximum atomic E-state index is 5.13. The summed E-state index contributed by atoms with van der Waals surface area (Å²) in [6.07, 6.45) is 0. The fourth-order valence-electron chi connectivity index (χ4n) is 1.53. The molecule has 0 spiro atoms. The number of hydrogen-bond acceptors (Lipinski definition) is 4. The average molecular weight is 260 g/mol. The lowest BCUT2D eigenvalue weighted by Crippen LogP contribution is -1.94. The number of thioether (sulfide) groups is 1. The summed E-state index contributed by atoms with van der Waals surface area (Å²) in [6, 6.07) is 14.1. The van der Waals surface area contributed by atoms with Gasteiger partial charge < -0.3 is 10.1 Å². The molecule has 94 valence electrons. The first-order chi connectivity index (χ1) is 8.81. The van der Waals surface area contributed by atoms with E-state index < -0.39 is 0 Å². The van der Waals surface area contributed by atoms with Gasteiger partial charge in [0.2, 0.25) is 0 Å². The number of rotatable bonds is 5. The zero-order valence-electron chi connectivity index (χ0n) is 10.5. The molecule has 0 fully saturated rings. The van der Waals surface area contributed by atoms with Crippen molar-refractivity contribution in [1.29, 1.82) is 0 Å². The van der Waals surface area contributed by atoms with Gasteiger partial charge in [-0.05, 0) is 36.4 Å². The standard InChI is InChI=1S/C14H16N2OS/c1-15-14-5-3-4-11(16-14)10-18-13-8-6-12(17-2)7-9-13/h3-9H,10H2,1-2H3,(H,15,16). The monoisotopic (exact) mass is 260 g/mol. The van der Waals surface area contributed by atoms with Crippen molar-refractivity contribution in [1.82, 2.24) is 4.98 Å². The number of nitrogens with one attached hydrogen (secondary N) is 1. The first-order valence-corrected chi connectivity index (χ1v) is 6.71. The zero-order valence-corrected chi connectivity index (χ0v) is 11.3. The Labute approximate surface area is 112 Å². The summed E-state index contributed by atoms with van der Waals surface area (Å²) in [5.74, 6) is 2.65. The molecule has 1 N–H and O–H groups in total. The highest BCUT2D eigenvalue weighted by Gasteiger charge is 1.99. The Morgan fingerprint density at radius 1 is 1.17 bits per heavy atom. The summed E-state index contributed by atoms with van der Waals surface area (Å²) in [5.41, 5.74) is 1.07. The Kier molecular flexibility index (Phi) is 4.47. The predicted molar refractivity (Wildman–Crippen MR) is 76.3 cm³/mol. The van der Waals surface area contributed by atoms with E-state index in [9.17, 15) is 0 Å². The minimum atomic E-state index is 0.863. The van der Waals surface area contributed by atoms with Crippen LogP contribution >= 0.6 is 11.8 Å². The van der Waals surface area contributed by atoms with Crippen LogP contribution in [0.5, 0.6) is 5.75 Å². The molecule has 0 radical (unpaired) electrons. The van der Waals surface area contributed by atoms with Gasteiger partial charge >= 0.3 is 0 Å². The average Bonchev–Trinajstić information content (AvgIpc) is 2.46. The summed E-state index contributed by atoms with van der Waals surface area (Å²) >= 11 is 1.77. The quantitative estimate of drug-likeness (QED) is 0.835. The van der Waals surface area contributed by atoms with E-state index in [0.29, 0.717) is 0 Å². The molecule has 0 saturated carbocycles. The first kappa shape index (κ1) is 12.8. The number of aromatic nitrogens is 1. The number of anilines is 1. The number of pyridine rings is 1. The molecule has 0 saturated heterocycles. The molecule has 3 nitrogen and oxygen atoms in total. The lowest BCUT2D eigenvalue weighted by atomic mass is 10.3. The zero-order chi connectivity index (χ0) is 12.8. The third kappa shape index (κ3) is 3.40. The molecule has 2 rings (SSSR count). The van der Waals surface area contributed by atoms with Gasteiger partial charge in [0.1, 0.15) is 11.6 Å². The van der Waals surface area contributed by atoms with Crippen molar-refractivity contribution in [3.8, 4) is 5.75 Å². The van der Waals surface area contributed by atoms with Crippen molar-refractivity contribution in [3.05, 3.63) is 48.2 Å². The SMILES string of the molecule is CNc1cccc(CSc2ccc(OC)cc2)n1. The van der Waals surface area contributed by atoms with Gasteiger partial charge in [0, 0.05) is 17.7 Å². The second kappa shape index (κ2) is 6.31. The van der Waals surface area contributed by atoms with E-state index in [1.165, 1.54) is 4.90 Å². The van der Waals surface area contributed by atoms with E-state index in [1.807, 2.05) is 37.4 Å². The summed E-state index contributed by atoms with van der Waals surface area (Å²) < 4.78 is 5.13. The van der Waals surface area contributed by atoms with Crippen molar-refractivity contribution >= 4 is 17.6 Å². The molecule has 4 heteroatoms. The molecule has 0 aliphatic heterocycles. The van der Waals surface area contributed by atoms with Gasteiger partial charge in [-0.15, -0.1) is 11.8 Å². The van der Waals surface area contributed by atoms with Crippen LogP contribution in [0.3, 0.4) is 0 Å². The van der Waals surface area contributed by atoms with Crippen LogP contribution in [0.2, 0.25) is 0 Å². The van der Waals surface area contributed by atoms with Crippen LogP contribution in [-0.4, -0.2) is 19.1 Å². The highest BCUT2D eigenvalue weighted by atomic mass is 32.2. The Bertz CT molecular complexity index is 499. The van der Waals surface area contributed by atoms with Gasteiger partial charge in [-0.25, -0.2) is 4.98 Å². The molecule has 0 amide bonds. The molecule has 1 heterocycles. The van der Waals surface area contributed by atoms with Crippen LogP contribution in [0.4, 0.5) is 5.82 Å². The van der Waals surface area contributed by atoms with Crippen molar-refractivity contribution in [3.63, 3.8) is 0 Å². The predicted octanol–water partition coefficient (Wildman–Crippen LogP) is 3.42. The Hall–Kier alpha value is -1.68. The van der Waals surface area contributed by atoms with Crippen LogP contribution in [0.25, 0.3) is 0 Å². The molecular formula is C14H16N2OS. The topological polar surface area (TPSA) is 34.1 Å². The summed E-state index contributed by atoms with van der Waals surface area (Å²) in [6.45, 7) is 0. The van der Waals surface area contributed by atoms with E-state index >= 15 is 0 Å². The van der Waals surface area contributed by atoms with Gasteiger partial charge in [-0.3, -0.25) is 0 Å². The largest absolute Gasteiger partial charge is 0.497 e. The Balaban J connectivity index is 1.97. The van der Waals surface area contributed by atoms with Gasteiger partial charge in [-0.1, -0.05) is 6.07 Å². The minimum absolute atomic E-state index is 0.863. The summed E-state index contributed by atoms with van der Waals surface area (Å²) in [4.78, 5) is 5.70. The number of methoxy groups -OCH3 is 1. The summed E-state index contributed by atoms with van der Waals surface area (Å²) in [5, 5.41) is 3.04. The summed E-state index contributed by atoms with van der Waals surface area (Å²) in [7, 11) is 3.55. The maximum absolute atomic E-state index is 5.13. The van der Waals surface area contributed by atoms with Crippen molar-refractivity contribution < 1.29 is 4.74 Å². The molecule has 0 aliphatic carbocycles. The first-order valence-electron chi connectivity index (χ1n) is 5.72. The van der Waals surface area contributed by atoms with Crippen LogP contribution in [0.1, 0.15) is 5.69 Å². The van der Waals surface area contributed by atoms with E-state index in [4.69, 9.17) is 4.74 Å². The molecule has 1 aromatic heterocycles. The smallest absolute Gasteiger partial charge is 0.125 e. The van der Waals surface area contributed by atoms with Crippen LogP contribution in [0.15, 0.2) is 47.4 Å². The molecular weight excluding hydrogens is 244 g/mol. The minimum Gasteiger partial charge on any atom is -0.497 e. The molecule has 1 aromatic carbocycles.